The second-order valence-corrected chi connectivity index (χ2v) is 3.86. The van der Waals surface area contributed by atoms with Crippen LogP contribution in [-0.4, -0.2) is 10.2 Å². The quantitative estimate of drug-likeness (QED) is 0.711. The van der Waals surface area contributed by atoms with E-state index in [0.717, 1.165) is 0 Å². The van der Waals surface area contributed by atoms with Gasteiger partial charge in [0.1, 0.15) is 11.8 Å². The summed E-state index contributed by atoms with van der Waals surface area (Å²) in [4.78, 5) is 0. The van der Waals surface area contributed by atoms with Crippen LogP contribution in [0.1, 0.15) is 30.5 Å². The summed E-state index contributed by atoms with van der Waals surface area (Å²) in [6, 6.07) is 5.07. The van der Waals surface area contributed by atoms with Crippen LogP contribution < -0.4 is 0 Å². The molecule has 0 fully saturated rings. The van der Waals surface area contributed by atoms with Gasteiger partial charge in [-0.1, -0.05) is 0 Å². The lowest BCUT2D eigenvalue weighted by Gasteiger charge is -2.19. The second-order valence-electron chi connectivity index (χ2n) is 3.86. The third-order valence-corrected chi connectivity index (χ3v) is 2.13. The fourth-order valence-electron chi connectivity index (χ4n) is 1.22. The van der Waals surface area contributed by atoms with Crippen molar-refractivity contribution in [2.45, 2.75) is 26.4 Å². The van der Waals surface area contributed by atoms with Gasteiger partial charge in [0.2, 0.25) is 0 Å². The molecule has 0 spiro atoms. The molecule has 0 amide bonds. The first-order chi connectivity index (χ1) is 6.36. The molecule has 2 N–H and O–H groups in total. The van der Waals surface area contributed by atoms with E-state index < -0.39 is 5.60 Å². The molecule has 0 aromatic heterocycles. The van der Waals surface area contributed by atoms with Crippen molar-refractivity contribution >= 4 is 0 Å². The summed E-state index contributed by atoms with van der Waals surface area (Å²) in [5.74, 6) is -0.0134. The van der Waals surface area contributed by atoms with E-state index in [4.69, 9.17) is 5.26 Å². The van der Waals surface area contributed by atoms with E-state index in [1.165, 1.54) is 6.07 Å². The predicted octanol–water partition coefficient (Wildman–Crippen LogP) is 1.80. The maximum absolute atomic E-state index is 9.73. The molecule has 0 heterocycles. The number of nitrogens with zero attached hydrogens (tertiary/aromatic N) is 1. The Morgan fingerprint density at radius 1 is 1.36 bits per heavy atom. The van der Waals surface area contributed by atoms with E-state index in [0.29, 0.717) is 11.1 Å². The molecular formula is C11H13NO2. The number of aromatic hydroxyl groups is 1. The molecule has 1 aromatic rings. The molecule has 0 aliphatic carbocycles. The fourth-order valence-corrected chi connectivity index (χ4v) is 1.22. The zero-order valence-electron chi connectivity index (χ0n) is 8.50. The normalized spacial score (nSPS) is 11.1. The van der Waals surface area contributed by atoms with Crippen LogP contribution in [0.5, 0.6) is 5.75 Å². The summed E-state index contributed by atoms with van der Waals surface area (Å²) in [5.41, 5.74) is 0.428. The number of nitriles is 1. The van der Waals surface area contributed by atoms with Crippen LogP contribution in [0.3, 0.4) is 0 Å². The van der Waals surface area contributed by atoms with Crippen LogP contribution in [0.25, 0.3) is 0 Å². The Morgan fingerprint density at radius 2 is 1.93 bits per heavy atom. The Morgan fingerprint density at radius 3 is 2.36 bits per heavy atom. The van der Waals surface area contributed by atoms with Gasteiger partial charge in [-0.05, 0) is 44.0 Å². The molecule has 0 aliphatic heterocycles. The third kappa shape index (κ3) is 1.86. The first-order valence-electron chi connectivity index (χ1n) is 4.33. The van der Waals surface area contributed by atoms with Crippen molar-refractivity contribution in [3.8, 4) is 11.8 Å². The molecule has 1 rings (SSSR count). The maximum atomic E-state index is 9.73. The van der Waals surface area contributed by atoms with Gasteiger partial charge >= 0.3 is 0 Å². The summed E-state index contributed by atoms with van der Waals surface area (Å²) >= 11 is 0. The molecular weight excluding hydrogens is 178 g/mol. The minimum absolute atomic E-state index is 0.0134. The minimum atomic E-state index is -0.996. The summed E-state index contributed by atoms with van der Waals surface area (Å²) < 4.78 is 0. The van der Waals surface area contributed by atoms with Gasteiger partial charge in [0.25, 0.3) is 0 Å². The monoisotopic (exact) mass is 191 g/mol. The van der Waals surface area contributed by atoms with E-state index in [1.807, 2.05) is 6.07 Å². The van der Waals surface area contributed by atoms with Crippen molar-refractivity contribution in [3.05, 3.63) is 28.8 Å². The highest BCUT2D eigenvalue weighted by Gasteiger charge is 2.18. The number of benzene rings is 1. The first kappa shape index (κ1) is 10.6. The molecule has 0 atom stereocenters. The van der Waals surface area contributed by atoms with Gasteiger partial charge in [-0.2, -0.15) is 5.26 Å². The van der Waals surface area contributed by atoms with Crippen molar-refractivity contribution in [2.24, 2.45) is 0 Å². The minimum Gasteiger partial charge on any atom is -0.506 e. The molecule has 0 aliphatic rings. The smallest absolute Gasteiger partial charge is 0.136 e. The summed E-state index contributed by atoms with van der Waals surface area (Å²) in [6.07, 6.45) is 0. The van der Waals surface area contributed by atoms with E-state index in [2.05, 4.69) is 0 Å². The number of aliphatic hydroxyl groups is 1. The van der Waals surface area contributed by atoms with E-state index in [-0.39, 0.29) is 11.3 Å². The zero-order chi connectivity index (χ0) is 10.9. The third-order valence-electron chi connectivity index (χ3n) is 2.13. The lowest BCUT2D eigenvalue weighted by molar-refractivity contribution is 0.0784. The van der Waals surface area contributed by atoms with Crippen molar-refractivity contribution in [2.75, 3.05) is 0 Å². The lowest BCUT2D eigenvalue weighted by Crippen LogP contribution is -2.15. The Kier molecular flexibility index (Phi) is 2.50. The Hall–Kier alpha value is -1.53. The first-order valence-corrected chi connectivity index (χ1v) is 4.33. The summed E-state index contributed by atoms with van der Waals surface area (Å²) in [5, 5.41) is 28.0. The molecule has 74 valence electrons. The van der Waals surface area contributed by atoms with E-state index >= 15 is 0 Å². The summed E-state index contributed by atoms with van der Waals surface area (Å²) in [6.45, 7) is 4.98. The van der Waals surface area contributed by atoms with Crippen molar-refractivity contribution in [1.82, 2.24) is 0 Å². The largest absolute Gasteiger partial charge is 0.506 e. The van der Waals surface area contributed by atoms with E-state index in [1.54, 1.807) is 26.8 Å². The van der Waals surface area contributed by atoms with Gasteiger partial charge in [0, 0.05) is 0 Å². The Bertz CT molecular complexity index is 397. The number of hydrogen-bond acceptors (Lipinski definition) is 3. The van der Waals surface area contributed by atoms with Crippen LogP contribution in [0.2, 0.25) is 0 Å². The maximum Gasteiger partial charge on any atom is 0.136 e. The Labute approximate surface area is 83.2 Å². The van der Waals surface area contributed by atoms with Gasteiger partial charge in [0.05, 0.1) is 11.2 Å². The molecule has 0 bridgehead atoms. The number of phenolic OH excluding ortho intramolecular Hbond substituents is 1. The highest BCUT2D eigenvalue weighted by atomic mass is 16.3. The molecule has 0 saturated carbocycles. The fraction of sp³-hybridized carbons (Fsp3) is 0.364. The van der Waals surface area contributed by atoms with Crippen molar-refractivity contribution < 1.29 is 10.2 Å². The number of hydrogen-bond donors (Lipinski definition) is 2. The lowest BCUT2D eigenvalue weighted by atomic mass is 9.94. The predicted molar refractivity (Wildman–Crippen MR) is 52.8 cm³/mol. The van der Waals surface area contributed by atoms with Crippen LogP contribution in [-0.2, 0) is 5.60 Å². The molecule has 3 nitrogen and oxygen atoms in total. The molecule has 14 heavy (non-hydrogen) atoms. The molecule has 0 unspecified atom stereocenters. The molecule has 0 saturated heterocycles. The van der Waals surface area contributed by atoms with Crippen molar-refractivity contribution in [3.63, 3.8) is 0 Å². The van der Waals surface area contributed by atoms with Gasteiger partial charge in [-0.3, -0.25) is 0 Å². The highest BCUT2D eigenvalue weighted by Crippen LogP contribution is 2.28. The average Bonchev–Trinajstić information content (AvgIpc) is 2.07. The summed E-state index contributed by atoms with van der Waals surface area (Å²) in [7, 11) is 0. The van der Waals surface area contributed by atoms with Crippen molar-refractivity contribution in [1.29, 1.82) is 5.26 Å². The highest BCUT2D eigenvalue weighted by molar-refractivity contribution is 5.50. The zero-order valence-corrected chi connectivity index (χ0v) is 8.50. The molecule has 0 radical (unpaired) electrons. The van der Waals surface area contributed by atoms with E-state index in [9.17, 15) is 10.2 Å². The van der Waals surface area contributed by atoms with Gasteiger partial charge in [-0.25, -0.2) is 0 Å². The van der Waals surface area contributed by atoms with Crippen LogP contribution in [0.4, 0.5) is 0 Å². The van der Waals surface area contributed by atoms with Gasteiger partial charge < -0.3 is 10.2 Å². The topological polar surface area (TPSA) is 64.2 Å². The molecule has 3 heteroatoms. The molecule has 1 aromatic carbocycles. The number of phenols is 1. The van der Waals surface area contributed by atoms with Crippen LogP contribution >= 0.6 is 0 Å². The standard InChI is InChI=1S/C11H13NO2/c1-7-4-9(11(2,3)14)5-8(6-12)10(7)13/h4-5,13-14H,1-3H3. The SMILES string of the molecule is Cc1cc(C(C)(C)O)cc(C#N)c1O. The number of aryl methyl sites for hydroxylation is 1. The Balaban J connectivity index is 3.40. The van der Waals surface area contributed by atoms with Gasteiger partial charge in [-0.15, -0.1) is 0 Å². The average molecular weight is 191 g/mol. The number of rotatable bonds is 1. The second kappa shape index (κ2) is 3.32. The van der Waals surface area contributed by atoms with Crippen LogP contribution in [0, 0.1) is 18.3 Å². The van der Waals surface area contributed by atoms with Gasteiger partial charge in [0.15, 0.2) is 0 Å². The van der Waals surface area contributed by atoms with Crippen LogP contribution in [0.15, 0.2) is 12.1 Å².